The van der Waals surface area contributed by atoms with Crippen LogP contribution in [0.5, 0.6) is 0 Å². The van der Waals surface area contributed by atoms with Crippen molar-refractivity contribution in [2.75, 3.05) is 16.5 Å². The fraction of sp³-hybridized carbons (Fsp3) is 0.115. The molecule has 1 saturated heterocycles. The lowest BCUT2D eigenvalue weighted by molar-refractivity contribution is -0.134. The van der Waals surface area contributed by atoms with Crippen molar-refractivity contribution < 1.29 is 18.7 Å². The number of nitrogens with zero attached hydrogens (tertiary/aromatic N) is 3. The molecule has 0 bridgehead atoms. The fourth-order valence-electron chi connectivity index (χ4n) is 3.76. The molecule has 10 heteroatoms. The van der Waals surface area contributed by atoms with Gasteiger partial charge in [0.15, 0.2) is 0 Å². The van der Waals surface area contributed by atoms with Crippen molar-refractivity contribution in [3.8, 4) is 0 Å². The third-order valence-electron chi connectivity index (χ3n) is 5.33. The van der Waals surface area contributed by atoms with Crippen LogP contribution in [0.1, 0.15) is 12.5 Å². The quantitative estimate of drug-likeness (QED) is 0.278. The highest BCUT2D eigenvalue weighted by molar-refractivity contribution is 8.29. The largest absolute Gasteiger partial charge is 0.461 e. The summed E-state index contributed by atoms with van der Waals surface area (Å²) in [6, 6.07) is 22.1. The molecule has 1 fully saturated rings. The molecule has 0 saturated carbocycles. The van der Waals surface area contributed by atoms with E-state index in [9.17, 15) is 14.0 Å². The first-order chi connectivity index (χ1) is 17.4. The number of esters is 1. The fourth-order valence-corrected chi connectivity index (χ4v) is 6.76. The van der Waals surface area contributed by atoms with Crippen LogP contribution in [0.15, 0.2) is 88.9 Å². The van der Waals surface area contributed by atoms with Crippen LogP contribution in [0.25, 0.3) is 6.08 Å². The second-order valence-electron chi connectivity index (χ2n) is 7.70. The van der Waals surface area contributed by atoms with Crippen molar-refractivity contribution in [1.82, 2.24) is 0 Å². The molecule has 182 valence electrons. The molecule has 1 spiro atoms. The maximum absolute atomic E-state index is 13.9. The summed E-state index contributed by atoms with van der Waals surface area (Å²) < 4.78 is 17.5. The topological polar surface area (TPSA) is 62.2 Å². The van der Waals surface area contributed by atoms with Crippen molar-refractivity contribution in [2.45, 2.75) is 11.3 Å². The number of amides is 1. The maximum atomic E-state index is 13.9. The van der Waals surface area contributed by atoms with Gasteiger partial charge in [0.25, 0.3) is 5.91 Å². The minimum absolute atomic E-state index is 0.121. The minimum atomic E-state index is -1.19. The number of halogens is 2. The number of carbonyl (C=O) groups excluding carboxylic acids is 2. The zero-order valence-electron chi connectivity index (χ0n) is 18.9. The van der Waals surface area contributed by atoms with Gasteiger partial charge < -0.3 is 4.74 Å². The molecular weight excluding hydrogens is 521 g/mol. The summed E-state index contributed by atoms with van der Waals surface area (Å²) in [5.41, 5.74) is 1.93. The molecule has 1 amide bonds. The predicted octanol–water partition coefficient (Wildman–Crippen LogP) is 6.34. The highest BCUT2D eigenvalue weighted by Crippen LogP contribution is 2.59. The van der Waals surface area contributed by atoms with Crippen molar-refractivity contribution in [2.24, 2.45) is 5.10 Å². The van der Waals surface area contributed by atoms with E-state index in [4.69, 9.17) is 16.3 Å². The van der Waals surface area contributed by atoms with Gasteiger partial charge in [0.05, 0.1) is 17.2 Å². The van der Waals surface area contributed by atoms with Gasteiger partial charge in [-0.1, -0.05) is 53.7 Å². The second-order valence-corrected chi connectivity index (χ2v) is 10.8. The average molecular weight is 540 g/mol. The van der Waals surface area contributed by atoms with E-state index in [1.54, 1.807) is 59.3 Å². The molecule has 0 aromatic heterocycles. The maximum Gasteiger partial charge on any atom is 0.365 e. The van der Waals surface area contributed by atoms with Gasteiger partial charge in [0.1, 0.15) is 5.82 Å². The number of anilines is 2. The highest BCUT2D eigenvalue weighted by Gasteiger charge is 2.60. The number of thioether (sulfide) groups is 2. The highest BCUT2D eigenvalue weighted by atomic mass is 35.5. The van der Waals surface area contributed by atoms with Crippen LogP contribution in [0, 0.1) is 5.82 Å². The third-order valence-corrected chi connectivity index (χ3v) is 8.28. The Morgan fingerprint density at radius 2 is 1.72 bits per heavy atom. The molecule has 0 aliphatic carbocycles. The van der Waals surface area contributed by atoms with Crippen molar-refractivity contribution >= 4 is 69.5 Å². The first-order valence-corrected chi connectivity index (χ1v) is 13.0. The molecule has 6 nitrogen and oxygen atoms in total. The second kappa shape index (κ2) is 10.0. The summed E-state index contributed by atoms with van der Waals surface area (Å²) in [4.78, 5) is 28.7. The summed E-state index contributed by atoms with van der Waals surface area (Å²) in [5, 5.41) is 6.91. The standard InChI is InChI=1S/C26H19ClFN3O3S2/c1-2-34-25(33)23-29-31(21-14-10-18(27)11-15-21)26(36-23)30(20-6-4-3-5-7-20)24(32)22(35-26)16-17-8-12-19(28)13-9-17/h3-16H,2H2,1H3/b22-16+. The average Bonchev–Trinajstić information content (AvgIpc) is 3.39. The van der Waals surface area contributed by atoms with Crippen LogP contribution < -0.4 is 9.91 Å². The van der Waals surface area contributed by atoms with Crippen LogP contribution in [0.4, 0.5) is 15.8 Å². The number of benzene rings is 3. The molecule has 2 aliphatic rings. The summed E-state index contributed by atoms with van der Waals surface area (Å²) in [6.45, 7) is 1.91. The number of rotatable bonds is 5. The van der Waals surface area contributed by atoms with Gasteiger partial charge in [-0.3, -0.25) is 9.69 Å². The summed E-state index contributed by atoms with van der Waals surface area (Å²) in [6.07, 6.45) is 1.71. The first-order valence-electron chi connectivity index (χ1n) is 11.0. The van der Waals surface area contributed by atoms with Gasteiger partial charge in [-0.05, 0) is 78.9 Å². The van der Waals surface area contributed by atoms with Crippen molar-refractivity contribution in [1.29, 1.82) is 0 Å². The van der Waals surface area contributed by atoms with E-state index in [0.717, 1.165) is 11.8 Å². The summed E-state index contributed by atoms with van der Waals surface area (Å²) in [5.74, 6) is -1.21. The van der Waals surface area contributed by atoms with Gasteiger partial charge in [0.2, 0.25) is 9.37 Å². The lowest BCUT2D eigenvalue weighted by Crippen LogP contribution is -2.51. The number of para-hydroxylation sites is 1. The molecule has 3 aromatic carbocycles. The number of ether oxygens (including phenoxy) is 1. The molecule has 2 aliphatic heterocycles. The summed E-state index contributed by atoms with van der Waals surface area (Å²) in [7, 11) is 0. The van der Waals surface area contributed by atoms with E-state index >= 15 is 0 Å². The Kier molecular flexibility index (Phi) is 6.79. The molecule has 1 unspecified atom stereocenters. The third kappa shape index (κ3) is 4.50. The number of hydrogen-bond acceptors (Lipinski definition) is 7. The molecule has 3 aromatic rings. The minimum Gasteiger partial charge on any atom is -0.461 e. The lowest BCUT2D eigenvalue weighted by Gasteiger charge is -2.38. The normalized spacial score (nSPS) is 20.4. The lowest BCUT2D eigenvalue weighted by atomic mass is 10.2. The van der Waals surface area contributed by atoms with Crippen LogP contribution in [-0.4, -0.2) is 27.9 Å². The van der Waals surface area contributed by atoms with E-state index < -0.39 is 10.3 Å². The smallest absolute Gasteiger partial charge is 0.365 e. The monoisotopic (exact) mass is 539 g/mol. The van der Waals surface area contributed by atoms with E-state index in [2.05, 4.69) is 5.10 Å². The van der Waals surface area contributed by atoms with E-state index in [0.29, 0.717) is 26.9 Å². The Hall–Kier alpha value is -3.27. The number of hydrogen-bond donors (Lipinski definition) is 0. The molecule has 5 rings (SSSR count). The molecule has 0 N–H and O–H groups in total. The van der Waals surface area contributed by atoms with E-state index in [-0.39, 0.29) is 23.4 Å². The number of hydrazone groups is 1. The zero-order chi connectivity index (χ0) is 25.3. The van der Waals surface area contributed by atoms with E-state index in [1.165, 1.54) is 23.9 Å². The van der Waals surface area contributed by atoms with Gasteiger partial charge in [-0.25, -0.2) is 14.2 Å². The van der Waals surface area contributed by atoms with Gasteiger partial charge in [-0.15, -0.1) is 0 Å². The van der Waals surface area contributed by atoms with Crippen LogP contribution >= 0.6 is 35.1 Å². The SMILES string of the molecule is CCOC(=O)C1=NN(c2ccc(Cl)cc2)C2(S1)S/C(=C/c1ccc(F)cc1)C(=O)N2c1ccccc1. The molecule has 2 heterocycles. The Morgan fingerprint density at radius 3 is 2.39 bits per heavy atom. The zero-order valence-corrected chi connectivity index (χ0v) is 21.3. The van der Waals surface area contributed by atoms with Gasteiger partial charge in [0, 0.05) is 10.7 Å². The van der Waals surface area contributed by atoms with Crippen LogP contribution in [-0.2, 0) is 14.3 Å². The van der Waals surface area contributed by atoms with Gasteiger partial charge in [-0.2, -0.15) is 5.10 Å². The van der Waals surface area contributed by atoms with E-state index in [1.807, 2.05) is 30.3 Å². The summed E-state index contributed by atoms with van der Waals surface area (Å²) >= 11 is 8.51. The Bertz CT molecular complexity index is 1370. The predicted molar refractivity (Wildman–Crippen MR) is 144 cm³/mol. The first kappa shape index (κ1) is 24.4. The van der Waals surface area contributed by atoms with Gasteiger partial charge >= 0.3 is 5.97 Å². The van der Waals surface area contributed by atoms with Crippen molar-refractivity contribution in [3.05, 3.63) is 100 Å². The van der Waals surface area contributed by atoms with Crippen LogP contribution in [0.3, 0.4) is 0 Å². The molecular formula is C26H19ClFN3O3S2. The Morgan fingerprint density at radius 1 is 1.03 bits per heavy atom. The Balaban J connectivity index is 1.66. The number of carbonyl (C=O) groups is 2. The van der Waals surface area contributed by atoms with Crippen molar-refractivity contribution in [3.63, 3.8) is 0 Å². The Labute approximate surface area is 220 Å². The molecule has 36 heavy (non-hydrogen) atoms. The molecule has 1 atom stereocenters. The molecule has 0 radical (unpaired) electrons. The van der Waals surface area contributed by atoms with Crippen LogP contribution in [0.2, 0.25) is 5.02 Å².